The molecule has 0 unspecified atom stereocenters. The van der Waals surface area contributed by atoms with E-state index in [0.29, 0.717) is 5.92 Å². The molecule has 4 heteroatoms. The van der Waals surface area contributed by atoms with Crippen LogP contribution in [0.25, 0.3) is 11.1 Å². The highest BCUT2D eigenvalue weighted by Gasteiger charge is 2.29. The minimum absolute atomic E-state index is 0.174. The van der Waals surface area contributed by atoms with Crippen molar-refractivity contribution in [1.82, 2.24) is 0 Å². The first-order valence-electron chi connectivity index (χ1n) is 7.04. The number of hydrogen-bond acceptors (Lipinski definition) is 2. The number of halogens is 1. The van der Waals surface area contributed by atoms with Gasteiger partial charge < -0.3 is 10.9 Å². The highest BCUT2D eigenvalue weighted by atomic mass is 79.9. The van der Waals surface area contributed by atoms with E-state index in [1.54, 1.807) is 0 Å². The first kappa shape index (κ1) is 12.9. The lowest BCUT2D eigenvalue weighted by molar-refractivity contribution is 1.12. The fourth-order valence-corrected chi connectivity index (χ4v) is 3.56. The lowest BCUT2D eigenvalue weighted by Gasteiger charge is -2.28. The van der Waals surface area contributed by atoms with Gasteiger partial charge in [0.05, 0.1) is 0 Å². The molecule has 0 fully saturated rings. The monoisotopic (exact) mass is 336 g/mol. The molecule has 0 saturated heterocycles. The molecule has 0 amide bonds. The molecule has 1 aliphatic heterocycles. The molecule has 102 valence electrons. The van der Waals surface area contributed by atoms with Crippen LogP contribution in [-0.4, -0.2) is 6.98 Å². The van der Waals surface area contributed by atoms with Crippen molar-refractivity contribution >= 4 is 34.1 Å². The molecule has 0 aromatic heterocycles. The molecule has 2 aromatic carbocycles. The molecule has 1 aliphatic carbocycles. The fourth-order valence-electron chi connectivity index (χ4n) is 3.20. The van der Waals surface area contributed by atoms with Gasteiger partial charge in [-0.3, -0.25) is 0 Å². The van der Waals surface area contributed by atoms with E-state index in [0.717, 1.165) is 10.2 Å². The van der Waals surface area contributed by atoms with Gasteiger partial charge in [-0.1, -0.05) is 58.4 Å². The first-order chi connectivity index (χ1) is 10.2. The van der Waals surface area contributed by atoms with E-state index >= 15 is 0 Å². The van der Waals surface area contributed by atoms with Crippen molar-refractivity contribution in [3.8, 4) is 11.1 Å². The van der Waals surface area contributed by atoms with Crippen LogP contribution in [0.3, 0.4) is 0 Å². The van der Waals surface area contributed by atoms with Crippen LogP contribution < -0.4 is 16.3 Å². The van der Waals surface area contributed by atoms with E-state index in [4.69, 9.17) is 5.64 Å². The first-order valence-corrected chi connectivity index (χ1v) is 7.83. The van der Waals surface area contributed by atoms with Gasteiger partial charge >= 0.3 is 6.98 Å². The Hall–Kier alpha value is -1.78. The van der Waals surface area contributed by atoms with Gasteiger partial charge in [0.15, 0.2) is 0 Å². The Balaban J connectivity index is 1.96. The zero-order valence-electron chi connectivity index (χ0n) is 11.4. The van der Waals surface area contributed by atoms with Gasteiger partial charge in [0.25, 0.3) is 0 Å². The maximum atomic E-state index is 6.40. The topological polar surface area (TPSA) is 38.0 Å². The third-order valence-electron chi connectivity index (χ3n) is 4.14. The number of hydrogen-bond donors (Lipinski definition) is 2. The zero-order chi connectivity index (χ0) is 14.4. The maximum absolute atomic E-state index is 6.40. The molecule has 0 atom stereocenters. The molecule has 21 heavy (non-hydrogen) atoms. The molecule has 0 saturated carbocycles. The predicted octanol–water partition coefficient (Wildman–Crippen LogP) is 3.41. The van der Waals surface area contributed by atoms with Gasteiger partial charge in [-0.25, -0.2) is 0 Å². The second-order valence-corrected chi connectivity index (χ2v) is 6.33. The quantitative estimate of drug-likeness (QED) is 0.783. The molecular weight excluding hydrogens is 323 g/mol. The molecule has 2 aromatic rings. The third kappa shape index (κ3) is 2.06. The minimum Gasteiger partial charge on any atom is -0.410 e. The summed E-state index contributed by atoms with van der Waals surface area (Å²) in [5.74, 6) is 0.321. The van der Waals surface area contributed by atoms with Crippen LogP contribution in [0.1, 0.15) is 11.5 Å². The van der Waals surface area contributed by atoms with Crippen LogP contribution in [-0.2, 0) is 0 Å². The molecular formula is C17H14BBrN2. The lowest BCUT2D eigenvalue weighted by atomic mass is 9.60. The van der Waals surface area contributed by atoms with Crippen molar-refractivity contribution in [2.24, 2.45) is 5.64 Å². The van der Waals surface area contributed by atoms with E-state index in [1.807, 2.05) is 6.07 Å². The summed E-state index contributed by atoms with van der Waals surface area (Å²) in [6.07, 6.45) is 8.60. The second-order valence-electron chi connectivity index (χ2n) is 5.42. The highest BCUT2D eigenvalue weighted by molar-refractivity contribution is 9.10. The van der Waals surface area contributed by atoms with Crippen LogP contribution in [0.2, 0.25) is 0 Å². The molecule has 0 bridgehead atoms. The van der Waals surface area contributed by atoms with Crippen LogP contribution in [0.4, 0.5) is 5.69 Å². The average Bonchev–Trinajstić information content (AvgIpc) is 3.02. The second kappa shape index (κ2) is 4.90. The number of fused-ring (bicyclic) bond motifs is 3. The normalized spacial score (nSPS) is 15.8. The van der Waals surface area contributed by atoms with Crippen LogP contribution >= 0.6 is 15.9 Å². The third-order valence-corrected chi connectivity index (χ3v) is 4.63. The van der Waals surface area contributed by atoms with Gasteiger partial charge in [0, 0.05) is 21.6 Å². The summed E-state index contributed by atoms with van der Waals surface area (Å²) >= 11 is 3.56. The Morgan fingerprint density at radius 3 is 2.67 bits per heavy atom. The Kier molecular flexibility index (Phi) is 3.02. The number of nitrogens with one attached hydrogen (secondary N) is 1. The van der Waals surface area contributed by atoms with Crippen LogP contribution in [0.15, 0.2) is 65.2 Å². The molecule has 4 rings (SSSR count). The summed E-state index contributed by atoms with van der Waals surface area (Å²) in [4.78, 5) is 0. The van der Waals surface area contributed by atoms with Crippen molar-refractivity contribution in [3.05, 3.63) is 70.7 Å². The Morgan fingerprint density at radius 2 is 1.86 bits per heavy atom. The Labute approximate surface area is 133 Å². The number of rotatable bonds is 1. The molecule has 3 N–H and O–H groups in total. The average molecular weight is 337 g/mol. The summed E-state index contributed by atoms with van der Waals surface area (Å²) in [5, 5.41) is 3.42. The fraction of sp³-hybridized carbons (Fsp3) is 0.0588. The summed E-state index contributed by atoms with van der Waals surface area (Å²) in [6.45, 7) is -0.174. The number of benzene rings is 2. The van der Waals surface area contributed by atoms with Gasteiger partial charge in [-0.2, -0.15) is 0 Å². The lowest BCUT2D eigenvalue weighted by Crippen LogP contribution is -2.52. The van der Waals surface area contributed by atoms with Crippen molar-refractivity contribution in [3.63, 3.8) is 0 Å². The maximum Gasteiger partial charge on any atom is 0.371 e. The smallest absolute Gasteiger partial charge is 0.371 e. The zero-order valence-corrected chi connectivity index (χ0v) is 13.0. The number of nitrogens with two attached hydrogens (primary N) is 1. The van der Waals surface area contributed by atoms with E-state index in [9.17, 15) is 0 Å². The summed E-state index contributed by atoms with van der Waals surface area (Å²) in [7, 11) is 0. The van der Waals surface area contributed by atoms with E-state index in [2.05, 4.69) is 75.8 Å². The molecule has 2 nitrogen and oxygen atoms in total. The van der Waals surface area contributed by atoms with Gasteiger partial charge in [0.2, 0.25) is 0 Å². The summed E-state index contributed by atoms with van der Waals surface area (Å²) in [5.41, 5.74) is 12.4. The van der Waals surface area contributed by atoms with Gasteiger partial charge in [0.1, 0.15) is 0 Å². The Bertz CT molecular complexity index is 770. The van der Waals surface area contributed by atoms with E-state index < -0.39 is 0 Å². The SMILES string of the molecule is NB1Nc2ccc(Br)cc2-c2cccc(C3C=CC=C3)c21. The largest absolute Gasteiger partial charge is 0.410 e. The van der Waals surface area contributed by atoms with Crippen LogP contribution in [0, 0.1) is 0 Å². The van der Waals surface area contributed by atoms with Crippen molar-refractivity contribution in [1.29, 1.82) is 0 Å². The highest BCUT2D eigenvalue weighted by Crippen LogP contribution is 2.35. The van der Waals surface area contributed by atoms with Crippen molar-refractivity contribution in [2.75, 3.05) is 5.23 Å². The van der Waals surface area contributed by atoms with Gasteiger partial charge in [-0.05, 0) is 34.8 Å². The number of allylic oxidation sites excluding steroid dienone is 4. The molecule has 0 spiro atoms. The van der Waals surface area contributed by atoms with Crippen LogP contribution in [0.5, 0.6) is 0 Å². The van der Waals surface area contributed by atoms with Gasteiger partial charge in [-0.15, -0.1) is 0 Å². The minimum atomic E-state index is -0.174. The van der Waals surface area contributed by atoms with E-state index in [1.165, 1.54) is 22.2 Å². The molecule has 2 aliphatic rings. The standard InChI is InChI=1S/C17H14BBrN2/c19-12-8-9-16-15(10-12)14-7-3-6-13(11-4-1-2-5-11)17(14)18(20)21-16/h1-11,21H,20H2. The van der Waals surface area contributed by atoms with E-state index in [-0.39, 0.29) is 6.98 Å². The molecule has 0 radical (unpaired) electrons. The molecule has 1 heterocycles. The number of anilines is 1. The Morgan fingerprint density at radius 1 is 1.05 bits per heavy atom. The summed E-state index contributed by atoms with van der Waals surface area (Å²) in [6, 6.07) is 12.7. The van der Waals surface area contributed by atoms with Crippen molar-refractivity contribution in [2.45, 2.75) is 5.92 Å². The summed E-state index contributed by atoms with van der Waals surface area (Å²) < 4.78 is 1.08. The van der Waals surface area contributed by atoms with Crippen molar-refractivity contribution < 1.29 is 0 Å². The predicted molar refractivity (Wildman–Crippen MR) is 93.8 cm³/mol.